The molecule has 0 aliphatic carbocycles. The molecule has 5 nitrogen and oxygen atoms in total. The van der Waals surface area contributed by atoms with Crippen molar-refractivity contribution in [3.8, 4) is 5.75 Å². The van der Waals surface area contributed by atoms with Crippen molar-refractivity contribution < 1.29 is 17.9 Å². The lowest BCUT2D eigenvalue weighted by molar-refractivity contribution is 0.00619. The Balaban J connectivity index is 2.26. The minimum atomic E-state index is -3.80. The molecule has 0 amide bonds. The summed E-state index contributed by atoms with van der Waals surface area (Å²) in [6, 6.07) is 4.75. The fourth-order valence-corrected chi connectivity index (χ4v) is 2.99. The lowest BCUT2D eigenvalue weighted by Gasteiger charge is -2.24. The summed E-state index contributed by atoms with van der Waals surface area (Å²) in [5.41, 5.74) is 0. The third-order valence-electron chi connectivity index (χ3n) is 2.62. The second-order valence-electron chi connectivity index (χ2n) is 4.09. The van der Waals surface area contributed by atoms with Crippen LogP contribution in [0.1, 0.15) is 12.8 Å². The molecule has 0 saturated carbocycles. The normalized spacial score (nSPS) is 20.7. The molecule has 1 unspecified atom stereocenters. The molecule has 1 saturated heterocycles. The molecule has 1 aliphatic heterocycles. The Morgan fingerprint density at radius 3 is 2.83 bits per heavy atom. The second kappa shape index (κ2) is 5.56. The number of halogens is 1. The third-order valence-corrected chi connectivity index (χ3v) is 4.05. The zero-order valence-electron chi connectivity index (χ0n) is 9.63. The topological polar surface area (TPSA) is 78.6 Å². The molecule has 0 bridgehead atoms. The molecule has 0 radical (unpaired) electrons. The van der Waals surface area contributed by atoms with Crippen molar-refractivity contribution in [1.29, 1.82) is 0 Å². The zero-order chi connectivity index (χ0) is 13.2. The van der Waals surface area contributed by atoms with E-state index in [1.807, 2.05) is 0 Å². The Hall–Kier alpha value is -0.630. The zero-order valence-corrected chi connectivity index (χ0v) is 12.0. The van der Waals surface area contributed by atoms with E-state index in [9.17, 15) is 8.42 Å². The van der Waals surface area contributed by atoms with E-state index in [0.29, 0.717) is 11.1 Å². The first kappa shape index (κ1) is 13.8. The van der Waals surface area contributed by atoms with Crippen molar-refractivity contribution in [2.75, 3.05) is 13.2 Å². The maximum atomic E-state index is 11.5. The molecular formula is C11H14BrNO4S. The fourth-order valence-electron chi connectivity index (χ4n) is 1.79. The first-order chi connectivity index (χ1) is 8.47. The number of ether oxygens (including phenoxy) is 2. The number of nitrogens with two attached hydrogens (primary N) is 1. The predicted octanol–water partition coefficient (Wildman–Crippen LogP) is 1.65. The SMILES string of the molecule is NS(=O)(=O)c1cc(Br)ccc1OC1CCCOC1. The third kappa shape index (κ3) is 3.44. The summed E-state index contributed by atoms with van der Waals surface area (Å²) in [4.78, 5) is -0.0116. The van der Waals surface area contributed by atoms with Crippen LogP contribution in [0.4, 0.5) is 0 Å². The number of sulfonamides is 1. The average Bonchev–Trinajstić information content (AvgIpc) is 2.31. The Morgan fingerprint density at radius 2 is 2.22 bits per heavy atom. The smallest absolute Gasteiger partial charge is 0.241 e. The Labute approximate surface area is 114 Å². The van der Waals surface area contributed by atoms with Crippen LogP contribution in [-0.2, 0) is 14.8 Å². The van der Waals surface area contributed by atoms with E-state index in [-0.39, 0.29) is 16.7 Å². The maximum absolute atomic E-state index is 11.5. The van der Waals surface area contributed by atoms with Gasteiger partial charge in [-0.3, -0.25) is 0 Å². The highest BCUT2D eigenvalue weighted by atomic mass is 79.9. The molecule has 0 aromatic heterocycles. The summed E-state index contributed by atoms with van der Waals surface area (Å²) in [5.74, 6) is 0.274. The minimum Gasteiger partial charge on any atom is -0.487 e. The molecule has 1 heterocycles. The summed E-state index contributed by atoms with van der Waals surface area (Å²) >= 11 is 3.21. The standard InChI is InChI=1S/C11H14BrNO4S/c12-8-3-4-10(11(6-8)18(13,14)15)17-9-2-1-5-16-7-9/h3-4,6,9H,1-2,5,7H2,(H2,13,14,15). The molecule has 2 rings (SSSR count). The van der Waals surface area contributed by atoms with Crippen LogP contribution >= 0.6 is 15.9 Å². The first-order valence-electron chi connectivity index (χ1n) is 5.53. The quantitative estimate of drug-likeness (QED) is 0.910. The van der Waals surface area contributed by atoms with Gasteiger partial charge in [0.05, 0.1) is 6.61 Å². The molecule has 2 N–H and O–H groups in total. The van der Waals surface area contributed by atoms with Crippen LogP contribution in [0, 0.1) is 0 Å². The van der Waals surface area contributed by atoms with Crippen molar-refractivity contribution >= 4 is 26.0 Å². The molecule has 100 valence electrons. The van der Waals surface area contributed by atoms with Gasteiger partial charge in [-0.05, 0) is 31.0 Å². The molecule has 1 aromatic rings. The summed E-state index contributed by atoms with van der Waals surface area (Å²) < 4.78 is 34.6. The van der Waals surface area contributed by atoms with Gasteiger partial charge >= 0.3 is 0 Å². The average molecular weight is 336 g/mol. The van der Waals surface area contributed by atoms with E-state index in [0.717, 1.165) is 19.4 Å². The Kier molecular flexibility index (Phi) is 4.26. The van der Waals surface area contributed by atoms with E-state index in [1.54, 1.807) is 12.1 Å². The van der Waals surface area contributed by atoms with Gasteiger partial charge in [-0.25, -0.2) is 13.6 Å². The number of primary sulfonamides is 1. The Morgan fingerprint density at radius 1 is 1.44 bits per heavy atom. The highest BCUT2D eigenvalue weighted by Crippen LogP contribution is 2.28. The summed E-state index contributed by atoms with van der Waals surface area (Å²) in [5, 5.41) is 5.17. The summed E-state index contributed by atoms with van der Waals surface area (Å²) in [7, 11) is -3.80. The van der Waals surface area contributed by atoms with Crippen LogP contribution in [0.25, 0.3) is 0 Å². The second-order valence-corrected chi connectivity index (χ2v) is 6.54. The van der Waals surface area contributed by atoms with Crippen molar-refractivity contribution in [1.82, 2.24) is 0 Å². The lowest BCUT2D eigenvalue weighted by atomic mass is 10.2. The van der Waals surface area contributed by atoms with Crippen LogP contribution < -0.4 is 9.88 Å². The highest BCUT2D eigenvalue weighted by Gasteiger charge is 2.21. The van der Waals surface area contributed by atoms with Crippen molar-refractivity contribution in [3.05, 3.63) is 22.7 Å². The number of rotatable bonds is 3. The largest absolute Gasteiger partial charge is 0.487 e. The fraction of sp³-hybridized carbons (Fsp3) is 0.455. The Bertz CT molecular complexity index is 526. The summed E-state index contributed by atoms with van der Waals surface area (Å²) in [6.45, 7) is 1.20. The van der Waals surface area contributed by atoms with Crippen LogP contribution in [0.2, 0.25) is 0 Å². The van der Waals surface area contributed by atoms with E-state index < -0.39 is 10.0 Å². The molecule has 0 spiro atoms. The summed E-state index contributed by atoms with van der Waals surface area (Å²) in [6.07, 6.45) is 1.63. The van der Waals surface area contributed by atoms with Crippen molar-refractivity contribution in [2.24, 2.45) is 5.14 Å². The van der Waals surface area contributed by atoms with Crippen LogP contribution in [0.3, 0.4) is 0 Å². The van der Waals surface area contributed by atoms with E-state index >= 15 is 0 Å². The number of benzene rings is 1. The molecule has 7 heteroatoms. The van der Waals surface area contributed by atoms with Gasteiger partial charge in [0, 0.05) is 11.1 Å². The lowest BCUT2D eigenvalue weighted by Crippen LogP contribution is -2.28. The van der Waals surface area contributed by atoms with Crippen LogP contribution in [0.5, 0.6) is 5.75 Å². The van der Waals surface area contributed by atoms with Crippen LogP contribution in [0.15, 0.2) is 27.6 Å². The predicted molar refractivity (Wildman–Crippen MR) is 70.0 cm³/mol. The van der Waals surface area contributed by atoms with Crippen LogP contribution in [-0.4, -0.2) is 27.7 Å². The van der Waals surface area contributed by atoms with E-state index in [2.05, 4.69) is 15.9 Å². The first-order valence-corrected chi connectivity index (χ1v) is 7.87. The number of hydrogen-bond acceptors (Lipinski definition) is 4. The van der Waals surface area contributed by atoms with Gasteiger partial charge in [0.2, 0.25) is 10.0 Å². The van der Waals surface area contributed by atoms with Gasteiger partial charge in [-0.15, -0.1) is 0 Å². The van der Waals surface area contributed by atoms with Gasteiger partial charge in [0.1, 0.15) is 16.7 Å². The molecule has 1 aromatic carbocycles. The van der Waals surface area contributed by atoms with Gasteiger partial charge < -0.3 is 9.47 Å². The molecule has 1 atom stereocenters. The van der Waals surface area contributed by atoms with Crippen molar-refractivity contribution in [2.45, 2.75) is 23.8 Å². The minimum absolute atomic E-state index is 0.0116. The molecule has 1 aliphatic rings. The maximum Gasteiger partial charge on any atom is 0.241 e. The van der Waals surface area contributed by atoms with Crippen molar-refractivity contribution in [3.63, 3.8) is 0 Å². The van der Waals surface area contributed by atoms with E-state index in [4.69, 9.17) is 14.6 Å². The molecule has 1 fully saturated rings. The monoisotopic (exact) mass is 335 g/mol. The van der Waals surface area contributed by atoms with Gasteiger partial charge in [0.15, 0.2) is 0 Å². The molecule has 18 heavy (non-hydrogen) atoms. The van der Waals surface area contributed by atoms with Gasteiger partial charge in [0.25, 0.3) is 0 Å². The highest BCUT2D eigenvalue weighted by molar-refractivity contribution is 9.10. The van der Waals surface area contributed by atoms with E-state index in [1.165, 1.54) is 6.07 Å². The number of hydrogen-bond donors (Lipinski definition) is 1. The van der Waals surface area contributed by atoms with Gasteiger partial charge in [-0.1, -0.05) is 15.9 Å². The molecular weight excluding hydrogens is 322 g/mol. The van der Waals surface area contributed by atoms with Gasteiger partial charge in [-0.2, -0.15) is 0 Å².